The first-order chi connectivity index (χ1) is 7.76. The first-order valence-corrected chi connectivity index (χ1v) is 6.11. The minimum atomic E-state index is 0.234. The topological polar surface area (TPSA) is 39.7 Å². The Bertz CT molecular complexity index is 140. The molecule has 0 bridgehead atoms. The highest BCUT2D eigenvalue weighted by Crippen LogP contribution is 2.02. The third kappa shape index (κ3) is 8.05. The molecule has 4 heteroatoms. The maximum Gasteiger partial charge on any atom is 0.0704 e. The van der Waals surface area contributed by atoms with E-state index in [1.807, 2.05) is 7.05 Å². The van der Waals surface area contributed by atoms with E-state index in [9.17, 15) is 0 Å². The highest BCUT2D eigenvalue weighted by Gasteiger charge is 2.12. The highest BCUT2D eigenvalue weighted by atomic mass is 16.5. The van der Waals surface area contributed by atoms with Crippen molar-refractivity contribution in [1.29, 1.82) is 0 Å². The number of likely N-dealkylation sites (N-methyl/N-ethyl adjacent to an activating group) is 1. The molecule has 0 fully saturated rings. The van der Waals surface area contributed by atoms with Gasteiger partial charge in [0, 0.05) is 26.4 Å². The van der Waals surface area contributed by atoms with Crippen molar-refractivity contribution in [1.82, 2.24) is 5.32 Å². The molecule has 2 unspecified atom stereocenters. The Hall–Kier alpha value is -0.160. The van der Waals surface area contributed by atoms with Gasteiger partial charge in [-0.1, -0.05) is 6.92 Å². The number of hydrogen-bond acceptors (Lipinski definition) is 4. The van der Waals surface area contributed by atoms with E-state index in [-0.39, 0.29) is 6.10 Å². The fraction of sp³-hybridized carbons (Fsp3) is 1.00. The molecule has 0 aromatic heterocycles. The maximum absolute atomic E-state index is 5.67. The van der Waals surface area contributed by atoms with E-state index in [4.69, 9.17) is 14.2 Å². The fourth-order valence-electron chi connectivity index (χ4n) is 1.59. The van der Waals surface area contributed by atoms with E-state index in [0.717, 1.165) is 26.1 Å². The third-order valence-electron chi connectivity index (χ3n) is 2.62. The minimum absolute atomic E-state index is 0.234. The van der Waals surface area contributed by atoms with E-state index in [1.54, 1.807) is 7.11 Å². The number of rotatable bonds is 11. The standard InChI is InChI=1S/C12H27NO3/c1-5-12(13-3)11(2)16-10-9-15-8-6-7-14-4/h11-13H,5-10H2,1-4H3. The van der Waals surface area contributed by atoms with Gasteiger partial charge in [0.05, 0.1) is 19.3 Å². The van der Waals surface area contributed by atoms with Crippen LogP contribution in [0.4, 0.5) is 0 Å². The molecule has 4 nitrogen and oxygen atoms in total. The second-order valence-electron chi connectivity index (χ2n) is 3.84. The zero-order valence-electron chi connectivity index (χ0n) is 11.1. The van der Waals surface area contributed by atoms with E-state index in [0.29, 0.717) is 19.3 Å². The molecule has 0 rings (SSSR count). The average molecular weight is 233 g/mol. The quantitative estimate of drug-likeness (QED) is 0.548. The summed E-state index contributed by atoms with van der Waals surface area (Å²) in [7, 11) is 3.67. The van der Waals surface area contributed by atoms with Gasteiger partial charge in [-0.25, -0.2) is 0 Å². The summed E-state index contributed by atoms with van der Waals surface area (Å²) >= 11 is 0. The predicted molar refractivity (Wildman–Crippen MR) is 65.9 cm³/mol. The van der Waals surface area contributed by atoms with Crippen LogP contribution in [0.2, 0.25) is 0 Å². The Morgan fingerprint density at radius 3 is 2.44 bits per heavy atom. The lowest BCUT2D eigenvalue weighted by Crippen LogP contribution is -2.37. The van der Waals surface area contributed by atoms with Gasteiger partial charge in [0.2, 0.25) is 0 Å². The van der Waals surface area contributed by atoms with Gasteiger partial charge in [-0.2, -0.15) is 0 Å². The summed E-state index contributed by atoms with van der Waals surface area (Å²) in [5.41, 5.74) is 0. The molecule has 0 saturated carbocycles. The van der Waals surface area contributed by atoms with Crippen LogP contribution in [0.3, 0.4) is 0 Å². The third-order valence-corrected chi connectivity index (χ3v) is 2.62. The van der Waals surface area contributed by atoms with Gasteiger partial charge in [-0.05, 0) is 26.8 Å². The zero-order chi connectivity index (χ0) is 12.2. The molecule has 0 saturated heterocycles. The Balaban J connectivity index is 3.30. The Morgan fingerprint density at radius 2 is 1.88 bits per heavy atom. The van der Waals surface area contributed by atoms with Gasteiger partial charge in [0.1, 0.15) is 0 Å². The molecule has 1 N–H and O–H groups in total. The highest BCUT2D eigenvalue weighted by molar-refractivity contribution is 4.69. The summed E-state index contributed by atoms with van der Waals surface area (Å²) in [5.74, 6) is 0. The summed E-state index contributed by atoms with van der Waals surface area (Å²) in [6.07, 6.45) is 2.25. The molecular formula is C12H27NO3. The second kappa shape index (κ2) is 11.3. The van der Waals surface area contributed by atoms with Crippen molar-refractivity contribution >= 4 is 0 Å². The molecule has 0 aliphatic rings. The minimum Gasteiger partial charge on any atom is -0.385 e. The molecule has 0 aromatic carbocycles. The lowest BCUT2D eigenvalue weighted by atomic mass is 10.1. The lowest BCUT2D eigenvalue weighted by Gasteiger charge is -2.22. The Labute approximate surface area is 99.6 Å². The molecule has 2 atom stereocenters. The van der Waals surface area contributed by atoms with Crippen LogP contribution < -0.4 is 5.32 Å². The van der Waals surface area contributed by atoms with Crippen molar-refractivity contribution in [2.45, 2.75) is 38.8 Å². The molecule has 0 aliphatic heterocycles. The van der Waals surface area contributed by atoms with Crippen molar-refractivity contribution in [3.8, 4) is 0 Å². The van der Waals surface area contributed by atoms with E-state index >= 15 is 0 Å². The van der Waals surface area contributed by atoms with Crippen molar-refractivity contribution < 1.29 is 14.2 Å². The molecular weight excluding hydrogens is 206 g/mol. The van der Waals surface area contributed by atoms with Crippen LogP contribution in [-0.4, -0.2) is 52.7 Å². The molecule has 0 radical (unpaired) electrons. The molecule has 0 heterocycles. The maximum atomic E-state index is 5.67. The lowest BCUT2D eigenvalue weighted by molar-refractivity contribution is -0.00542. The second-order valence-corrected chi connectivity index (χ2v) is 3.84. The fourth-order valence-corrected chi connectivity index (χ4v) is 1.59. The van der Waals surface area contributed by atoms with Crippen molar-refractivity contribution in [2.75, 3.05) is 40.6 Å². The zero-order valence-corrected chi connectivity index (χ0v) is 11.1. The molecule has 98 valence electrons. The SMILES string of the molecule is CCC(NC)C(C)OCCOCCCOC. The summed E-state index contributed by atoms with van der Waals surface area (Å²) in [5, 5.41) is 3.24. The van der Waals surface area contributed by atoms with E-state index in [2.05, 4.69) is 19.2 Å². The smallest absolute Gasteiger partial charge is 0.0704 e. The summed E-state index contributed by atoms with van der Waals surface area (Å²) in [6, 6.07) is 0.425. The average Bonchev–Trinajstić information content (AvgIpc) is 2.29. The Kier molecular flexibility index (Phi) is 11.2. The largest absolute Gasteiger partial charge is 0.385 e. The van der Waals surface area contributed by atoms with Crippen LogP contribution in [0, 0.1) is 0 Å². The molecule has 0 aromatic rings. The molecule has 0 aliphatic carbocycles. The van der Waals surface area contributed by atoms with Gasteiger partial charge in [-0.3, -0.25) is 0 Å². The van der Waals surface area contributed by atoms with E-state index in [1.165, 1.54) is 0 Å². The van der Waals surface area contributed by atoms with Crippen LogP contribution in [0.25, 0.3) is 0 Å². The van der Waals surface area contributed by atoms with Crippen LogP contribution in [0.1, 0.15) is 26.7 Å². The van der Waals surface area contributed by atoms with Crippen molar-refractivity contribution in [3.63, 3.8) is 0 Å². The van der Waals surface area contributed by atoms with Crippen LogP contribution in [-0.2, 0) is 14.2 Å². The first kappa shape index (κ1) is 15.8. The van der Waals surface area contributed by atoms with Crippen LogP contribution in [0.5, 0.6) is 0 Å². The van der Waals surface area contributed by atoms with Gasteiger partial charge in [0.25, 0.3) is 0 Å². The first-order valence-electron chi connectivity index (χ1n) is 6.11. The van der Waals surface area contributed by atoms with Crippen LogP contribution in [0.15, 0.2) is 0 Å². The van der Waals surface area contributed by atoms with Crippen molar-refractivity contribution in [3.05, 3.63) is 0 Å². The molecule has 16 heavy (non-hydrogen) atoms. The monoisotopic (exact) mass is 233 g/mol. The summed E-state index contributed by atoms with van der Waals surface area (Å²) in [4.78, 5) is 0. The number of hydrogen-bond donors (Lipinski definition) is 1. The number of methoxy groups -OCH3 is 1. The molecule has 0 spiro atoms. The number of nitrogens with one attached hydrogen (secondary N) is 1. The normalized spacial score (nSPS) is 15.0. The van der Waals surface area contributed by atoms with Gasteiger partial charge in [-0.15, -0.1) is 0 Å². The van der Waals surface area contributed by atoms with Crippen molar-refractivity contribution in [2.24, 2.45) is 0 Å². The van der Waals surface area contributed by atoms with Gasteiger partial charge >= 0.3 is 0 Å². The predicted octanol–water partition coefficient (Wildman–Crippen LogP) is 1.44. The summed E-state index contributed by atoms with van der Waals surface area (Å²) in [6.45, 7) is 7.07. The molecule has 0 amide bonds. The van der Waals surface area contributed by atoms with Gasteiger partial charge < -0.3 is 19.5 Å². The number of ether oxygens (including phenoxy) is 3. The summed E-state index contributed by atoms with van der Waals surface area (Å²) < 4.78 is 16.0. The van der Waals surface area contributed by atoms with Crippen LogP contribution >= 0.6 is 0 Å². The van der Waals surface area contributed by atoms with E-state index < -0.39 is 0 Å². The van der Waals surface area contributed by atoms with Gasteiger partial charge in [0.15, 0.2) is 0 Å². The Morgan fingerprint density at radius 1 is 1.12 bits per heavy atom.